The van der Waals surface area contributed by atoms with Crippen LogP contribution in [0, 0.1) is 0 Å². The summed E-state index contributed by atoms with van der Waals surface area (Å²) in [5.74, 6) is 0. The van der Waals surface area contributed by atoms with Gasteiger partial charge in [0.1, 0.15) is 0 Å². The Morgan fingerprint density at radius 2 is 2.00 bits per heavy atom. The predicted octanol–water partition coefficient (Wildman–Crippen LogP) is 0.169. The first kappa shape index (κ1) is 8.35. The van der Waals surface area contributed by atoms with Gasteiger partial charge in [0.25, 0.3) is 0 Å². The van der Waals surface area contributed by atoms with Gasteiger partial charge in [-0.25, -0.2) is 0 Å². The molecule has 0 saturated carbocycles. The Morgan fingerprint density at radius 3 is 2.77 bits per heavy atom. The molecule has 0 aliphatic rings. The molecule has 0 aliphatic carbocycles. The van der Waals surface area contributed by atoms with E-state index in [1.54, 1.807) is 12.1 Å². The number of anilines is 1. The zero-order valence-corrected chi connectivity index (χ0v) is 8.32. The van der Waals surface area contributed by atoms with Gasteiger partial charge in [-0.3, -0.25) is 0 Å². The normalized spacial score (nSPS) is 10.5. The van der Waals surface area contributed by atoms with Crippen molar-refractivity contribution in [2.45, 2.75) is 0 Å². The fourth-order valence-electron chi connectivity index (χ4n) is 1.16. The molecule has 2 aromatic rings. The summed E-state index contributed by atoms with van der Waals surface area (Å²) < 4.78 is 5.35. The van der Waals surface area contributed by atoms with Crippen molar-refractivity contribution in [3.63, 3.8) is 0 Å². The fraction of sp³-hybridized carbons (Fsp3) is 0. The molecule has 1 aromatic carbocycles. The van der Waals surface area contributed by atoms with E-state index in [0.717, 1.165) is 5.39 Å². The minimum absolute atomic E-state index is 0.346. The van der Waals surface area contributed by atoms with Crippen molar-refractivity contribution in [2.24, 2.45) is 0 Å². The molecule has 2 rings (SSSR count). The summed E-state index contributed by atoms with van der Waals surface area (Å²) in [5.41, 5.74) is 6.28. The van der Waals surface area contributed by atoms with Crippen LogP contribution in [0.2, 0.25) is 0 Å². The summed E-state index contributed by atoms with van der Waals surface area (Å²) in [7, 11) is 0. The van der Waals surface area contributed by atoms with Gasteiger partial charge in [-0.15, -0.1) is 0 Å². The molecule has 3 nitrogen and oxygen atoms in total. The number of para-hydroxylation sites is 1. The molecule has 2 N–H and O–H groups in total. The van der Waals surface area contributed by atoms with E-state index in [1.807, 2.05) is 12.1 Å². The molecule has 0 amide bonds. The van der Waals surface area contributed by atoms with E-state index in [1.165, 1.54) is 0 Å². The van der Waals surface area contributed by atoms with Crippen LogP contribution in [0.3, 0.4) is 0 Å². The van der Waals surface area contributed by atoms with E-state index in [9.17, 15) is 4.79 Å². The van der Waals surface area contributed by atoms with Crippen molar-refractivity contribution in [1.29, 1.82) is 0 Å². The number of hydrogen-bond donors (Lipinski definition) is 1. The topological polar surface area (TPSA) is 56.2 Å². The number of nitrogens with two attached hydrogens (primary N) is 1. The SMILES string of the molecule is Nc1c([Se])c(=O)oc2ccccc12. The van der Waals surface area contributed by atoms with Gasteiger partial charge in [0, 0.05) is 0 Å². The number of hydrogen-bond acceptors (Lipinski definition) is 3. The zero-order chi connectivity index (χ0) is 9.42. The van der Waals surface area contributed by atoms with Crippen molar-refractivity contribution >= 4 is 37.1 Å². The zero-order valence-electron chi connectivity index (χ0n) is 6.61. The van der Waals surface area contributed by atoms with Crippen LogP contribution < -0.4 is 15.8 Å². The standard InChI is InChI=1S/C9H6NO2Se/c10-7-5-3-1-2-4-6(5)12-9(11)8(7)13/h1-4H,10H2. The molecule has 1 heterocycles. The van der Waals surface area contributed by atoms with E-state index in [0.29, 0.717) is 15.7 Å². The van der Waals surface area contributed by atoms with Crippen LogP contribution in [-0.4, -0.2) is 16.0 Å². The molecule has 65 valence electrons. The summed E-state index contributed by atoms with van der Waals surface area (Å²) >= 11 is 2.60. The number of rotatable bonds is 0. The first-order valence-corrected chi connectivity index (χ1v) is 4.54. The van der Waals surface area contributed by atoms with Crippen LogP contribution in [0.15, 0.2) is 33.5 Å². The number of nitrogen functional groups attached to an aromatic ring is 1. The van der Waals surface area contributed by atoms with Crippen molar-refractivity contribution in [3.05, 3.63) is 34.7 Å². The van der Waals surface area contributed by atoms with E-state index >= 15 is 0 Å². The molecule has 0 atom stereocenters. The van der Waals surface area contributed by atoms with E-state index in [4.69, 9.17) is 10.2 Å². The maximum absolute atomic E-state index is 11.2. The van der Waals surface area contributed by atoms with Gasteiger partial charge in [0.15, 0.2) is 0 Å². The molecular formula is C9H6NO2Se. The minimum atomic E-state index is -0.420. The van der Waals surface area contributed by atoms with Gasteiger partial charge in [0.2, 0.25) is 0 Å². The molecule has 0 spiro atoms. The Labute approximate surface area is 82.4 Å². The summed E-state index contributed by atoms with van der Waals surface area (Å²) in [6.07, 6.45) is 0. The monoisotopic (exact) mass is 240 g/mol. The summed E-state index contributed by atoms with van der Waals surface area (Å²) in [5, 5.41) is 0.760. The van der Waals surface area contributed by atoms with Crippen molar-refractivity contribution in [3.8, 4) is 0 Å². The van der Waals surface area contributed by atoms with Crippen molar-refractivity contribution in [1.82, 2.24) is 0 Å². The second kappa shape index (κ2) is 2.91. The third-order valence-electron chi connectivity index (χ3n) is 1.81. The van der Waals surface area contributed by atoms with Gasteiger partial charge < -0.3 is 0 Å². The van der Waals surface area contributed by atoms with Crippen molar-refractivity contribution < 1.29 is 4.42 Å². The Hall–Kier alpha value is -1.25. The third kappa shape index (κ3) is 1.24. The molecule has 13 heavy (non-hydrogen) atoms. The molecule has 0 aliphatic heterocycles. The van der Waals surface area contributed by atoms with Gasteiger partial charge >= 0.3 is 82.0 Å². The predicted molar refractivity (Wildman–Crippen MR) is 52.3 cm³/mol. The summed E-state index contributed by atoms with van der Waals surface area (Å²) in [6, 6.07) is 7.17. The molecule has 0 fully saturated rings. The first-order chi connectivity index (χ1) is 6.20. The van der Waals surface area contributed by atoms with E-state index in [-0.39, 0.29) is 0 Å². The second-order valence-corrected chi connectivity index (χ2v) is 3.49. The average Bonchev–Trinajstić information content (AvgIpc) is 2.15. The average molecular weight is 239 g/mol. The molecule has 4 heteroatoms. The Morgan fingerprint density at radius 1 is 1.31 bits per heavy atom. The molecule has 0 unspecified atom stereocenters. The molecule has 1 radical (unpaired) electrons. The van der Waals surface area contributed by atoms with Crippen LogP contribution >= 0.6 is 0 Å². The van der Waals surface area contributed by atoms with Gasteiger partial charge in [-0.05, 0) is 0 Å². The quantitative estimate of drug-likeness (QED) is 0.526. The fourth-order valence-corrected chi connectivity index (χ4v) is 1.47. The van der Waals surface area contributed by atoms with Gasteiger partial charge in [-0.1, -0.05) is 0 Å². The molecule has 1 aromatic heterocycles. The van der Waals surface area contributed by atoms with Crippen molar-refractivity contribution in [2.75, 3.05) is 5.73 Å². The van der Waals surface area contributed by atoms with Crippen LogP contribution in [0.1, 0.15) is 0 Å². The Bertz CT molecular complexity index is 518. The van der Waals surface area contributed by atoms with Crippen LogP contribution in [0.4, 0.5) is 5.69 Å². The van der Waals surface area contributed by atoms with Crippen LogP contribution in [0.5, 0.6) is 0 Å². The summed E-state index contributed by atoms with van der Waals surface area (Å²) in [6.45, 7) is 0. The van der Waals surface area contributed by atoms with Gasteiger partial charge in [-0.2, -0.15) is 0 Å². The Balaban J connectivity index is 3.02. The molecular weight excluding hydrogens is 233 g/mol. The third-order valence-corrected chi connectivity index (χ3v) is 2.62. The Kier molecular flexibility index (Phi) is 1.87. The molecule has 0 saturated heterocycles. The summed E-state index contributed by atoms with van der Waals surface area (Å²) in [4.78, 5) is 11.2. The number of benzene rings is 1. The van der Waals surface area contributed by atoms with Crippen LogP contribution in [0.25, 0.3) is 11.0 Å². The van der Waals surface area contributed by atoms with Crippen LogP contribution in [-0.2, 0) is 0 Å². The molecule has 0 bridgehead atoms. The first-order valence-electron chi connectivity index (χ1n) is 3.68. The number of fused-ring (bicyclic) bond motifs is 1. The maximum atomic E-state index is 11.2. The second-order valence-electron chi connectivity index (χ2n) is 2.63. The van der Waals surface area contributed by atoms with E-state index < -0.39 is 5.63 Å². The van der Waals surface area contributed by atoms with E-state index in [2.05, 4.69) is 16.0 Å². The van der Waals surface area contributed by atoms with Gasteiger partial charge in [0.05, 0.1) is 0 Å².